The van der Waals surface area contributed by atoms with Crippen molar-refractivity contribution in [3.63, 3.8) is 0 Å². The predicted octanol–water partition coefficient (Wildman–Crippen LogP) is 5.04. The van der Waals surface area contributed by atoms with Crippen molar-refractivity contribution in [1.29, 1.82) is 0 Å². The Morgan fingerprint density at radius 1 is 1.14 bits per heavy atom. The van der Waals surface area contributed by atoms with Crippen LogP contribution >= 0.6 is 11.6 Å². The quantitative estimate of drug-likeness (QED) is 0.685. The summed E-state index contributed by atoms with van der Waals surface area (Å²) in [5, 5.41) is 1.75. The maximum atomic E-state index is 6.16. The van der Waals surface area contributed by atoms with Gasteiger partial charge >= 0.3 is 0 Å². The van der Waals surface area contributed by atoms with Gasteiger partial charge in [0.05, 0.1) is 16.2 Å². The van der Waals surface area contributed by atoms with Gasteiger partial charge in [0.1, 0.15) is 12.4 Å². The zero-order valence-corrected chi connectivity index (χ0v) is 13.5. The minimum Gasteiger partial charge on any atom is -0.487 e. The minimum atomic E-state index is 0.335. The molecule has 114 valence electrons. The van der Waals surface area contributed by atoms with Crippen LogP contribution in [0.3, 0.4) is 0 Å². The van der Waals surface area contributed by atoms with Crippen molar-refractivity contribution in [3.05, 3.63) is 59.2 Å². The first kappa shape index (κ1) is 14.8. The molecule has 0 saturated carbocycles. The lowest BCUT2D eigenvalue weighted by Gasteiger charge is -2.10. The third kappa shape index (κ3) is 2.64. The van der Waals surface area contributed by atoms with Gasteiger partial charge in [0, 0.05) is 23.2 Å². The maximum absolute atomic E-state index is 6.16. The average molecular weight is 315 g/mol. The van der Waals surface area contributed by atoms with E-state index in [0.717, 1.165) is 22.2 Å². The Hall–Kier alpha value is -2.13. The van der Waals surface area contributed by atoms with Crippen LogP contribution in [0.5, 0.6) is 5.75 Å². The molecule has 2 N–H and O–H groups in total. The number of hydrogen-bond donors (Lipinski definition) is 1. The Kier molecular flexibility index (Phi) is 3.99. The molecule has 3 rings (SSSR count). The normalized spacial score (nSPS) is 11.3. The van der Waals surface area contributed by atoms with E-state index in [2.05, 4.69) is 30.7 Å². The van der Waals surface area contributed by atoms with Crippen LogP contribution in [0.4, 0.5) is 5.69 Å². The summed E-state index contributed by atoms with van der Waals surface area (Å²) in [5.41, 5.74) is 9.12. The second kappa shape index (κ2) is 5.93. The lowest BCUT2D eigenvalue weighted by atomic mass is 10.1. The van der Waals surface area contributed by atoms with Crippen LogP contribution in [0.15, 0.2) is 48.7 Å². The summed E-state index contributed by atoms with van der Waals surface area (Å²) in [5.74, 6) is 0.693. The molecule has 3 nitrogen and oxygen atoms in total. The molecule has 4 heteroatoms. The van der Waals surface area contributed by atoms with E-state index >= 15 is 0 Å². The number of fused-ring (bicyclic) bond motifs is 1. The van der Waals surface area contributed by atoms with E-state index in [-0.39, 0.29) is 0 Å². The Balaban J connectivity index is 1.98. The Morgan fingerprint density at radius 2 is 1.91 bits per heavy atom. The minimum absolute atomic E-state index is 0.335. The zero-order chi connectivity index (χ0) is 15.7. The summed E-state index contributed by atoms with van der Waals surface area (Å²) < 4.78 is 8.07. The fraction of sp³-hybridized carbons (Fsp3) is 0.222. The summed E-state index contributed by atoms with van der Waals surface area (Å²) in [6.07, 6.45) is 2.11. The van der Waals surface area contributed by atoms with Gasteiger partial charge in [-0.05, 0) is 32.0 Å². The second-order valence-corrected chi connectivity index (χ2v) is 6.03. The maximum Gasteiger partial charge on any atom is 0.138 e. The van der Waals surface area contributed by atoms with Gasteiger partial charge in [0.15, 0.2) is 0 Å². The van der Waals surface area contributed by atoms with Gasteiger partial charge in [-0.2, -0.15) is 0 Å². The fourth-order valence-corrected chi connectivity index (χ4v) is 2.84. The molecule has 2 aromatic carbocycles. The Morgan fingerprint density at radius 3 is 2.64 bits per heavy atom. The Labute approximate surface area is 135 Å². The molecule has 0 fully saturated rings. The molecule has 1 heterocycles. The van der Waals surface area contributed by atoms with Crippen molar-refractivity contribution < 1.29 is 4.74 Å². The summed E-state index contributed by atoms with van der Waals surface area (Å²) in [7, 11) is 0. The average Bonchev–Trinajstić information content (AvgIpc) is 2.87. The first-order chi connectivity index (χ1) is 10.6. The number of nitrogens with two attached hydrogens (primary N) is 1. The largest absolute Gasteiger partial charge is 0.487 e. The van der Waals surface area contributed by atoms with Crippen LogP contribution in [0.1, 0.15) is 25.5 Å². The summed E-state index contributed by atoms with van der Waals surface area (Å²) >= 11 is 6.14. The number of hydrogen-bond acceptors (Lipinski definition) is 2. The number of ether oxygens (including phenoxy) is 1. The molecule has 0 unspecified atom stereocenters. The third-order valence-corrected chi connectivity index (χ3v) is 4.05. The van der Waals surface area contributed by atoms with Crippen LogP contribution in [0.25, 0.3) is 10.9 Å². The number of anilines is 1. The molecule has 3 aromatic rings. The number of nitrogen functional groups attached to an aromatic ring is 1. The van der Waals surface area contributed by atoms with Crippen LogP contribution < -0.4 is 10.5 Å². The summed E-state index contributed by atoms with van der Waals surface area (Å²) in [6, 6.07) is 13.8. The van der Waals surface area contributed by atoms with Gasteiger partial charge in [-0.3, -0.25) is 0 Å². The second-order valence-electron chi connectivity index (χ2n) is 5.62. The van der Waals surface area contributed by atoms with Crippen molar-refractivity contribution in [2.45, 2.75) is 26.5 Å². The number of benzene rings is 2. The molecule has 0 aliphatic heterocycles. The highest BCUT2D eigenvalue weighted by Crippen LogP contribution is 2.31. The first-order valence-electron chi connectivity index (χ1n) is 7.33. The van der Waals surface area contributed by atoms with E-state index in [1.165, 1.54) is 0 Å². The molecule has 0 radical (unpaired) electrons. The first-order valence-corrected chi connectivity index (χ1v) is 7.71. The van der Waals surface area contributed by atoms with E-state index in [0.29, 0.717) is 23.4 Å². The molecule has 0 saturated heterocycles. The van der Waals surface area contributed by atoms with Gasteiger partial charge < -0.3 is 15.0 Å². The molecule has 0 atom stereocenters. The van der Waals surface area contributed by atoms with Crippen molar-refractivity contribution >= 4 is 28.2 Å². The van der Waals surface area contributed by atoms with Gasteiger partial charge in [-0.1, -0.05) is 35.9 Å². The van der Waals surface area contributed by atoms with Crippen LogP contribution in [0.2, 0.25) is 5.02 Å². The Bertz CT molecular complexity index is 808. The van der Waals surface area contributed by atoms with Crippen molar-refractivity contribution in [3.8, 4) is 5.75 Å². The third-order valence-electron chi connectivity index (χ3n) is 3.74. The summed E-state index contributed by atoms with van der Waals surface area (Å²) in [4.78, 5) is 0. The summed E-state index contributed by atoms with van der Waals surface area (Å²) in [6.45, 7) is 4.75. The monoisotopic (exact) mass is 314 g/mol. The lowest BCUT2D eigenvalue weighted by molar-refractivity contribution is 0.307. The van der Waals surface area contributed by atoms with E-state index in [1.807, 2.05) is 36.4 Å². The lowest BCUT2D eigenvalue weighted by Crippen LogP contribution is -2.00. The zero-order valence-electron chi connectivity index (χ0n) is 12.7. The SMILES string of the molecule is CC(C)n1cc(COc2ccccc2Cl)c2cccc(N)c21. The molecule has 22 heavy (non-hydrogen) atoms. The molecule has 0 bridgehead atoms. The number of aromatic nitrogens is 1. The van der Waals surface area contributed by atoms with Crippen molar-refractivity contribution in [1.82, 2.24) is 4.57 Å². The fourth-order valence-electron chi connectivity index (χ4n) is 2.65. The van der Waals surface area contributed by atoms with Gasteiger partial charge in [-0.15, -0.1) is 0 Å². The van der Waals surface area contributed by atoms with E-state index in [9.17, 15) is 0 Å². The van der Waals surface area contributed by atoms with E-state index in [4.69, 9.17) is 22.1 Å². The number of halogens is 1. The molecular weight excluding hydrogens is 296 g/mol. The highest BCUT2D eigenvalue weighted by Gasteiger charge is 2.13. The van der Waals surface area contributed by atoms with Crippen LogP contribution in [-0.4, -0.2) is 4.57 Å². The topological polar surface area (TPSA) is 40.2 Å². The molecule has 0 spiro atoms. The van der Waals surface area contributed by atoms with Gasteiger partial charge in [0.25, 0.3) is 0 Å². The molecule has 1 aromatic heterocycles. The van der Waals surface area contributed by atoms with Crippen molar-refractivity contribution in [2.75, 3.05) is 5.73 Å². The number of para-hydroxylation sites is 2. The van der Waals surface area contributed by atoms with E-state index < -0.39 is 0 Å². The number of rotatable bonds is 4. The molecular formula is C18H19ClN2O. The highest BCUT2D eigenvalue weighted by molar-refractivity contribution is 6.32. The number of nitrogens with zero attached hydrogens (tertiary/aromatic N) is 1. The van der Waals surface area contributed by atoms with E-state index in [1.54, 1.807) is 0 Å². The van der Waals surface area contributed by atoms with Gasteiger partial charge in [-0.25, -0.2) is 0 Å². The molecule has 0 amide bonds. The van der Waals surface area contributed by atoms with Crippen LogP contribution in [0, 0.1) is 0 Å². The van der Waals surface area contributed by atoms with Crippen LogP contribution in [-0.2, 0) is 6.61 Å². The predicted molar refractivity (Wildman–Crippen MR) is 92.5 cm³/mol. The smallest absolute Gasteiger partial charge is 0.138 e. The standard InChI is InChI=1S/C18H19ClN2O/c1-12(2)21-10-13(14-6-5-8-16(20)18(14)21)11-22-17-9-4-3-7-15(17)19/h3-10,12H,11,20H2,1-2H3. The highest BCUT2D eigenvalue weighted by atomic mass is 35.5. The van der Waals surface area contributed by atoms with Crippen molar-refractivity contribution in [2.24, 2.45) is 0 Å². The molecule has 0 aliphatic rings. The molecule has 0 aliphatic carbocycles. The van der Waals surface area contributed by atoms with Gasteiger partial charge in [0.2, 0.25) is 0 Å².